The highest BCUT2D eigenvalue weighted by atomic mass is 32.1. The first-order valence-corrected chi connectivity index (χ1v) is 12.7. The number of amides is 1. The number of ether oxygens (including phenoxy) is 1. The van der Waals surface area contributed by atoms with Crippen LogP contribution in [0.1, 0.15) is 48.5 Å². The summed E-state index contributed by atoms with van der Waals surface area (Å²) in [6.07, 6.45) is 4.69. The van der Waals surface area contributed by atoms with Crippen molar-refractivity contribution >= 4 is 22.9 Å². The predicted octanol–water partition coefficient (Wildman–Crippen LogP) is 8.00. The van der Waals surface area contributed by atoms with Crippen molar-refractivity contribution in [2.45, 2.75) is 39.5 Å². The van der Waals surface area contributed by atoms with E-state index in [1.807, 2.05) is 48.5 Å². The molecular formula is C29H30N2O2S. The van der Waals surface area contributed by atoms with Crippen LogP contribution in [0.15, 0.2) is 78.2 Å². The lowest BCUT2D eigenvalue weighted by molar-refractivity contribution is 0.102. The minimum atomic E-state index is -0.141. The number of benzene rings is 3. The van der Waals surface area contributed by atoms with Gasteiger partial charge < -0.3 is 10.1 Å². The quantitative estimate of drug-likeness (QED) is 0.239. The Hall–Kier alpha value is -3.44. The van der Waals surface area contributed by atoms with E-state index in [4.69, 9.17) is 9.72 Å². The van der Waals surface area contributed by atoms with Gasteiger partial charge in [-0.3, -0.25) is 4.79 Å². The van der Waals surface area contributed by atoms with Gasteiger partial charge in [0.05, 0.1) is 12.3 Å². The Kier molecular flexibility index (Phi) is 8.10. The van der Waals surface area contributed by atoms with Gasteiger partial charge >= 0.3 is 0 Å². The molecule has 5 heteroatoms. The zero-order valence-electron chi connectivity index (χ0n) is 19.7. The third-order valence-corrected chi connectivity index (χ3v) is 6.58. The van der Waals surface area contributed by atoms with Crippen LogP contribution in [0, 0.1) is 6.92 Å². The van der Waals surface area contributed by atoms with Gasteiger partial charge in [0, 0.05) is 27.8 Å². The second kappa shape index (κ2) is 11.6. The van der Waals surface area contributed by atoms with Gasteiger partial charge in [0.2, 0.25) is 0 Å². The van der Waals surface area contributed by atoms with Gasteiger partial charge in [-0.15, -0.1) is 11.3 Å². The molecule has 1 aromatic heterocycles. The van der Waals surface area contributed by atoms with Crippen LogP contribution < -0.4 is 10.1 Å². The van der Waals surface area contributed by atoms with Crippen LogP contribution in [0.25, 0.3) is 21.8 Å². The van der Waals surface area contributed by atoms with Gasteiger partial charge in [-0.2, -0.15) is 0 Å². The van der Waals surface area contributed by atoms with Crippen LogP contribution >= 0.6 is 11.3 Å². The largest absolute Gasteiger partial charge is 0.494 e. The fourth-order valence-corrected chi connectivity index (χ4v) is 4.61. The second-order valence-electron chi connectivity index (χ2n) is 8.32. The van der Waals surface area contributed by atoms with E-state index in [-0.39, 0.29) is 5.91 Å². The second-order valence-corrected chi connectivity index (χ2v) is 9.18. The lowest BCUT2D eigenvalue weighted by Gasteiger charge is -2.08. The minimum Gasteiger partial charge on any atom is -0.494 e. The number of aromatic nitrogens is 1. The summed E-state index contributed by atoms with van der Waals surface area (Å²) in [5, 5.41) is 6.05. The van der Waals surface area contributed by atoms with Crippen LogP contribution in [-0.4, -0.2) is 17.5 Å². The highest BCUT2D eigenvalue weighted by molar-refractivity contribution is 7.13. The van der Waals surface area contributed by atoms with Crippen molar-refractivity contribution in [1.82, 2.24) is 4.98 Å². The van der Waals surface area contributed by atoms with Crippen LogP contribution in [0.4, 0.5) is 5.69 Å². The summed E-state index contributed by atoms with van der Waals surface area (Å²) in [7, 11) is 0. The zero-order chi connectivity index (χ0) is 23.8. The molecule has 1 N–H and O–H groups in total. The Morgan fingerprint density at radius 3 is 2.44 bits per heavy atom. The molecule has 0 aliphatic rings. The number of hydrogen-bond acceptors (Lipinski definition) is 4. The normalized spacial score (nSPS) is 10.8. The summed E-state index contributed by atoms with van der Waals surface area (Å²) < 4.78 is 5.76. The molecule has 1 amide bonds. The number of thiazole rings is 1. The van der Waals surface area contributed by atoms with Crippen molar-refractivity contribution < 1.29 is 9.53 Å². The number of hydrogen-bond donors (Lipinski definition) is 1. The molecule has 0 aliphatic carbocycles. The van der Waals surface area contributed by atoms with E-state index < -0.39 is 0 Å². The molecule has 1 heterocycles. The van der Waals surface area contributed by atoms with E-state index in [0.717, 1.165) is 39.7 Å². The van der Waals surface area contributed by atoms with E-state index in [1.54, 1.807) is 23.5 Å². The molecule has 34 heavy (non-hydrogen) atoms. The maximum absolute atomic E-state index is 12.6. The molecule has 0 saturated heterocycles. The summed E-state index contributed by atoms with van der Waals surface area (Å²) in [6.45, 7) is 5.01. The number of carbonyl (C=O) groups is 1. The first-order valence-electron chi connectivity index (χ1n) is 11.8. The summed E-state index contributed by atoms with van der Waals surface area (Å²) in [5.74, 6) is 0.656. The third-order valence-electron chi connectivity index (χ3n) is 5.70. The van der Waals surface area contributed by atoms with Gasteiger partial charge in [0.25, 0.3) is 5.91 Å². The topological polar surface area (TPSA) is 51.2 Å². The van der Waals surface area contributed by atoms with E-state index in [2.05, 4.69) is 36.7 Å². The Balaban J connectivity index is 1.34. The molecule has 0 fully saturated rings. The van der Waals surface area contributed by atoms with Crippen LogP contribution in [0.5, 0.6) is 5.75 Å². The molecule has 174 valence electrons. The van der Waals surface area contributed by atoms with Gasteiger partial charge in [0.15, 0.2) is 0 Å². The van der Waals surface area contributed by atoms with Crippen molar-refractivity contribution in [3.8, 4) is 27.6 Å². The molecule has 3 aromatic carbocycles. The summed E-state index contributed by atoms with van der Waals surface area (Å²) in [4.78, 5) is 17.5. The fourth-order valence-electron chi connectivity index (χ4n) is 3.69. The maximum Gasteiger partial charge on any atom is 0.255 e. The van der Waals surface area contributed by atoms with Crippen LogP contribution in [0.3, 0.4) is 0 Å². The van der Waals surface area contributed by atoms with E-state index in [9.17, 15) is 4.79 Å². The number of carbonyl (C=O) groups excluding carboxylic acids is 1. The molecule has 4 rings (SSSR count). The molecule has 0 unspecified atom stereocenters. The molecule has 4 aromatic rings. The fraction of sp³-hybridized carbons (Fsp3) is 0.241. The van der Waals surface area contributed by atoms with Crippen molar-refractivity contribution in [2.75, 3.05) is 11.9 Å². The number of aryl methyl sites for hydroxylation is 1. The van der Waals surface area contributed by atoms with Crippen LogP contribution in [-0.2, 0) is 0 Å². The average molecular weight is 471 g/mol. The van der Waals surface area contributed by atoms with E-state index >= 15 is 0 Å². The molecule has 0 spiro atoms. The van der Waals surface area contributed by atoms with Crippen molar-refractivity contribution in [2.24, 2.45) is 0 Å². The average Bonchev–Trinajstić information content (AvgIpc) is 3.35. The van der Waals surface area contributed by atoms with E-state index in [0.29, 0.717) is 12.2 Å². The highest BCUT2D eigenvalue weighted by Gasteiger charge is 2.10. The number of nitrogens with zero attached hydrogens (tertiary/aromatic N) is 1. The van der Waals surface area contributed by atoms with Crippen molar-refractivity contribution in [1.29, 1.82) is 0 Å². The third kappa shape index (κ3) is 6.12. The summed E-state index contributed by atoms with van der Waals surface area (Å²) >= 11 is 1.64. The van der Waals surface area contributed by atoms with Crippen LogP contribution in [0.2, 0.25) is 0 Å². The van der Waals surface area contributed by atoms with E-state index in [1.165, 1.54) is 24.8 Å². The lowest BCUT2D eigenvalue weighted by atomic mass is 10.1. The molecule has 0 radical (unpaired) electrons. The number of rotatable bonds is 10. The number of nitrogens with one attached hydrogen (secondary N) is 1. The van der Waals surface area contributed by atoms with Gasteiger partial charge in [-0.25, -0.2) is 4.98 Å². The van der Waals surface area contributed by atoms with Gasteiger partial charge in [-0.1, -0.05) is 62.6 Å². The first-order chi connectivity index (χ1) is 16.6. The number of unbranched alkanes of at least 4 members (excludes halogenated alkanes) is 3. The SMILES string of the molecule is CCCCCCOc1ccc(C(=O)Nc2ccc(-c3csc(-c4ccccc4C)n3)cc2)cc1. The molecule has 0 bridgehead atoms. The maximum atomic E-state index is 12.6. The lowest BCUT2D eigenvalue weighted by Crippen LogP contribution is -2.11. The molecular weight excluding hydrogens is 440 g/mol. The zero-order valence-corrected chi connectivity index (χ0v) is 20.5. The Morgan fingerprint density at radius 1 is 0.941 bits per heavy atom. The van der Waals surface area contributed by atoms with Gasteiger partial charge in [-0.05, 0) is 55.3 Å². The smallest absolute Gasteiger partial charge is 0.255 e. The first kappa shape index (κ1) is 23.7. The standard InChI is InChI=1S/C29H30N2O2S/c1-3-4-5-8-19-33-25-17-13-23(14-18-25)28(32)30-24-15-11-22(12-16-24)27-20-34-29(31-27)26-10-7-6-9-21(26)2/h6-7,9-18,20H,3-5,8,19H2,1-2H3,(H,30,32). The monoisotopic (exact) mass is 470 g/mol. The summed E-state index contributed by atoms with van der Waals surface area (Å²) in [5.41, 5.74) is 5.69. The van der Waals surface area contributed by atoms with Crippen molar-refractivity contribution in [3.63, 3.8) is 0 Å². The molecule has 0 atom stereocenters. The predicted molar refractivity (Wildman–Crippen MR) is 142 cm³/mol. The summed E-state index contributed by atoms with van der Waals surface area (Å²) in [6, 6.07) is 23.4. The highest BCUT2D eigenvalue weighted by Crippen LogP contribution is 2.31. The molecule has 4 nitrogen and oxygen atoms in total. The Bertz CT molecular complexity index is 1210. The molecule has 0 saturated carbocycles. The van der Waals surface area contributed by atoms with Gasteiger partial charge in [0.1, 0.15) is 10.8 Å². The Morgan fingerprint density at radius 2 is 1.71 bits per heavy atom. The minimum absolute atomic E-state index is 0.141. The molecule has 0 aliphatic heterocycles. The number of anilines is 1. The Labute approximate surface area is 205 Å². The van der Waals surface area contributed by atoms with Crippen molar-refractivity contribution in [3.05, 3.63) is 89.3 Å².